The van der Waals surface area contributed by atoms with Gasteiger partial charge in [-0.3, -0.25) is 4.79 Å². The van der Waals surface area contributed by atoms with Crippen LogP contribution in [0.1, 0.15) is 44.2 Å². The van der Waals surface area contributed by atoms with E-state index in [1.807, 2.05) is 32.0 Å². The van der Waals surface area contributed by atoms with Crippen LogP contribution < -0.4 is 10.1 Å². The van der Waals surface area contributed by atoms with Crippen molar-refractivity contribution in [1.29, 1.82) is 0 Å². The molecule has 2 aromatic rings. The van der Waals surface area contributed by atoms with Crippen LogP contribution in [0.15, 0.2) is 53.9 Å². The first-order valence-electron chi connectivity index (χ1n) is 10.3. The molecule has 1 amide bonds. The van der Waals surface area contributed by atoms with Gasteiger partial charge in [-0.1, -0.05) is 24.3 Å². The first-order chi connectivity index (χ1) is 14.6. The van der Waals surface area contributed by atoms with Gasteiger partial charge in [-0.2, -0.15) is 0 Å². The average molecular weight is 430 g/mol. The molecule has 0 radical (unpaired) electrons. The van der Waals surface area contributed by atoms with Crippen LogP contribution in [0.3, 0.4) is 0 Å². The number of nitrogens with zero attached hydrogens (tertiary/aromatic N) is 1. The van der Waals surface area contributed by atoms with E-state index in [2.05, 4.69) is 10.1 Å². The number of allylic oxidation sites excluding steroid dienone is 1. The van der Waals surface area contributed by atoms with E-state index in [0.717, 1.165) is 47.3 Å². The van der Waals surface area contributed by atoms with Crippen LogP contribution in [0.5, 0.6) is 5.75 Å². The standard InChI is InChI=1S/C24H25F3N2O2/c1-15(2)22-28-23(14-21(30)29(22)3)11-5-7-16-9-10-18(13-20(16)23)17-6-4-8-19(12-17)31-24(25,26)27/h4,6,8-10,12-13,28H,5,7,11,14H2,1-3H3. The van der Waals surface area contributed by atoms with Crippen molar-refractivity contribution in [2.45, 2.75) is 51.4 Å². The monoisotopic (exact) mass is 430 g/mol. The smallest absolute Gasteiger partial charge is 0.406 e. The summed E-state index contributed by atoms with van der Waals surface area (Å²) < 4.78 is 42.0. The van der Waals surface area contributed by atoms with Gasteiger partial charge in [0.2, 0.25) is 5.91 Å². The quantitative estimate of drug-likeness (QED) is 0.685. The van der Waals surface area contributed by atoms with Gasteiger partial charge in [-0.25, -0.2) is 0 Å². The van der Waals surface area contributed by atoms with Crippen molar-refractivity contribution < 1.29 is 22.7 Å². The summed E-state index contributed by atoms with van der Waals surface area (Å²) >= 11 is 0. The van der Waals surface area contributed by atoms with E-state index in [4.69, 9.17) is 0 Å². The maximum atomic E-state index is 12.9. The molecule has 2 aliphatic rings. The summed E-state index contributed by atoms with van der Waals surface area (Å²) in [5.41, 5.74) is 4.14. The molecule has 4 rings (SSSR count). The molecule has 2 aromatic carbocycles. The maximum absolute atomic E-state index is 12.9. The molecule has 1 saturated heterocycles. The first kappa shape index (κ1) is 21.3. The SMILES string of the molecule is CC(C)=C1NC2(CCCc3ccc(-c4cccc(OC(F)(F)F)c4)cc32)CC(=O)N1C. The highest BCUT2D eigenvalue weighted by Gasteiger charge is 2.44. The molecule has 164 valence electrons. The molecule has 1 spiro atoms. The molecule has 0 saturated carbocycles. The Hall–Kier alpha value is -2.96. The fourth-order valence-corrected chi connectivity index (χ4v) is 4.64. The third-order valence-electron chi connectivity index (χ3n) is 6.07. The predicted octanol–water partition coefficient (Wildman–Crippen LogP) is 5.49. The van der Waals surface area contributed by atoms with E-state index in [1.54, 1.807) is 24.1 Å². The lowest BCUT2D eigenvalue weighted by atomic mass is 9.72. The number of hydrogen-bond acceptors (Lipinski definition) is 3. The van der Waals surface area contributed by atoms with Gasteiger partial charge >= 0.3 is 6.36 Å². The second-order valence-corrected chi connectivity index (χ2v) is 8.49. The number of carbonyl (C=O) groups excluding carboxylic acids is 1. The lowest BCUT2D eigenvalue weighted by molar-refractivity contribution is -0.274. The van der Waals surface area contributed by atoms with Crippen LogP contribution in [-0.2, 0) is 16.8 Å². The Morgan fingerprint density at radius 2 is 1.87 bits per heavy atom. The Kier molecular flexibility index (Phi) is 5.23. The summed E-state index contributed by atoms with van der Waals surface area (Å²) in [5.74, 6) is 0.612. The Morgan fingerprint density at radius 3 is 2.58 bits per heavy atom. The molecule has 1 aliphatic carbocycles. The van der Waals surface area contributed by atoms with Gasteiger partial charge in [-0.15, -0.1) is 13.2 Å². The van der Waals surface area contributed by atoms with Crippen LogP contribution in [0.4, 0.5) is 13.2 Å². The zero-order chi connectivity index (χ0) is 22.4. The normalized spacial score (nSPS) is 21.0. The minimum absolute atomic E-state index is 0.0498. The second kappa shape index (κ2) is 7.62. The van der Waals surface area contributed by atoms with Crippen LogP contribution in [0.2, 0.25) is 0 Å². The molecule has 1 aliphatic heterocycles. The Morgan fingerprint density at radius 1 is 1.13 bits per heavy atom. The molecule has 1 N–H and O–H groups in total. The van der Waals surface area contributed by atoms with Crippen molar-refractivity contribution in [2.24, 2.45) is 0 Å². The number of fused-ring (bicyclic) bond motifs is 2. The molecule has 4 nitrogen and oxygen atoms in total. The lowest BCUT2D eigenvalue weighted by Gasteiger charge is -2.47. The highest BCUT2D eigenvalue weighted by Crippen LogP contribution is 2.43. The minimum atomic E-state index is -4.74. The van der Waals surface area contributed by atoms with Crippen molar-refractivity contribution in [3.8, 4) is 16.9 Å². The van der Waals surface area contributed by atoms with Gasteiger partial charge in [0.15, 0.2) is 0 Å². The average Bonchev–Trinajstić information content (AvgIpc) is 2.69. The third kappa shape index (κ3) is 4.13. The molecule has 1 heterocycles. The highest BCUT2D eigenvalue weighted by atomic mass is 19.4. The third-order valence-corrected chi connectivity index (χ3v) is 6.07. The van der Waals surface area contributed by atoms with Crippen molar-refractivity contribution in [3.05, 3.63) is 65.0 Å². The van der Waals surface area contributed by atoms with Gasteiger partial charge in [0.05, 0.1) is 12.0 Å². The fourth-order valence-electron chi connectivity index (χ4n) is 4.64. The second-order valence-electron chi connectivity index (χ2n) is 8.49. The van der Waals surface area contributed by atoms with Crippen molar-refractivity contribution in [2.75, 3.05) is 7.05 Å². The first-order valence-corrected chi connectivity index (χ1v) is 10.3. The summed E-state index contributed by atoms with van der Waals surface area (Å²) in [5, 5.41) is 3.64. The molecular weight excluding hydrogens is 405 g/mol. The van der Waals surface area contributed by atoms with Gasteiger partial charge in [0, 0.05) is 7.05 Å². The van der Waals surface area contributed by atoms with Crippen LogP contribution in [-0.4, -0.2) is 24.2 Å². The van der Waals surface area contributed by atoms with Crippen molar-refractivity contribution in [3.63, 3.8) is 0 Å². The van der Waals surface area contributed by atoms with E-state index >= 15 is 0 Å². The Bertz CT molecular complexity index is 1060. The summed E-state index contributed by atoms with van der Waals surface area (Å²) in [7, 11) is 1.77. The predicted molar refractivity (Wildman–Crippen MR) is 112 cm³/mol. The minimum Gasteiger partial charge on any atom is -0.406 e. The maximum Gasteiger partial charge on any atom is 0.573 e. The zero-order valence-electron chi connectivity index (χ0n) is 17.8. The zero-order valence-corrected chi connectivity index (χ0v) is 17.8. The van der Waals surface area contributed by atoms with E-state index in [9.17, 15) is 18.0 Å². The summed E-state index contributed by atoms with van der Waals surface area (Å²) in [6, 6.07) is 11.9. The van der Waals surface area contributed by atoms with Gasteiger partial charge in [-0.05, 0) is 79.1 Å². The number of aryl methyl sites for hydroxylation is 1. The summed E-state index contributed by atoms with van der Waals surface area (Å²) in [6.45, 7) is 3.94. The number of amides is 1. The van der Waals surface area contributed by atoms with Crippen LogP contribution >= 0.6 is 0 Å². The number of alkyl halides is 3. The van der Waals surface area contributed by atoms with Gasteiger partial charge in [0.25, 0.3) is 0 Å². The molecule has 1 atom stereocenters. The highest BCUT2D eigenvalue weighted by molar-refractivity contribution is 5.81. The number of hydrogen-bond donors (Lipinski definition) is 1. The van der Waals surface area contributed by atoms with Gasteiger partial charge in [0.1, 0.15) is 11.6 Å². The number of benzene rings is 2. The van der Waals surface area contributed by atoms with Crippen LogP contribution in [0.25, 0.3) is 11.1 Å². The summed E-state index contributed by atoms with van der Waals surface area (Å²) in [4.78, 5) is 14.5. The molecular formula is C24H25F3N2O2. The molecule has 0 bridgehead atoms. The molecule has 1 unspecified atom stereocenters. The topological polar surface area (TPSA) is 41.6 Å². The number of ether oxygens (including phenoxy) is 1. The van der Waals surface area contributed by atoms with E-state index < -0.39 is 11.9 Å². The van der Waals surface area contributed by atoms with Crippen molar-refractivity contribution in [1.82, 2.24) is 10.2 Å². The molecule has 0 aromatic heterocycles. The molecule has 31 heavy (non-hydrogen) atoms. The number of rotatable bonds is 2. The number of halogens is 3. The number of carbonyl (C=O) groups is 1. The molecule has 7 heteroatoms. The Balaban J connectivity index is 1.77. The lowest BCUT2D eigenvalue weighted by Crippen LogP contribution is -2.56. The van der Waals surface area contributed by atoms with E-state index in [0.29, 0.717) is 12.0 Å². The largest absolute Gasteiger partial charge is 0.573 e. The van der Waals surface area contributed by atoms with Gasteiger partial charge < -0.3 is 15.0 Å². The number of nitrogens with one attached hydrogen (secondary N) is 1. The van der Waals surface area contributed by atoms with Crippen molar-refractivity contribution >= 4 is 5.91 Å². The summed E-state index contributed by atoms with van der Waals surface area (Å²) in [6.07, 6.45) is -1.71. The van der Waals surface area contributed by atoms with E-state index in [-0.39, 0.29) is 11.7 Å². The van der Waals surface area contributed by atoms with Crippen LogP contribution in [0, 0.1) is 0 Å². The van der Waals surface area contributed by atoms with E-state index in [1.165, 1.54) is 12.1 Å². The molecule has 1 fully saturated rings. The Labute approximate surface area is 179 Å². The fraction of sp³-hybridized carbons (Fsp3) is 0.375.